The number of carbonyl (C=O) groups is 1. The Kier molecular flexibility index (Phi) is 4.88. The van der Waals surface area contributed by atoms with E-state index < -0.39 is 10.9 Å². The molecule has 2 heterocycles. The lowest BCUT2D eigenvalue weighted by atomic mass is 10.1. The maximum Gasteiger partial charge on any atom is 0.342 e. The molecule has 29 heavy (non-hydrogen) atoms. The third-order valence-corrected chi connectivity index (χ3v) is 4.93. The molecule has 4 aromatic rings. The van der Waals surface area contributed by atoms with Crippen LogP contribution >= 0.6 is 11.8 Å². The number of H-pyrrole nitrogens is 1. The van der Waals surface area contributed by atoms with Gasteiger partial charge >= 0.3 is 5.97 Å². The van der Waals surface area contributed by atoms with Crippen LogP contribution in [0.3, 0.4) is 0 Å². The molecule has 0 aliphatic rings. The Hall–Kier alpha value is -3.85. The third kappa shape index (κ3) is 4.04. The average molecular weight is 407 g/mol. The number of aromatic nitrogens is 2. The molecule has 0 aliphatic heterocycles. The van der Waals surface area contributed by atoms with Gasteiger partial charge in [0.2, 0.25) is 0 Å². The van der Waals surface area contributed by atoms with Crippen LogP contribution in [-0.2, 0) is 4.79 Å². The van der Waals surface area contributed by atoms with Crippen LogP contribution in [0.5, 0.6) is 0 Å². The number of non-ortho nitro benzene ring substituents is 1. The average Bonchev–Trinajstić information content (AvgIpc) is 3.34. The number of nitrogens with zero attached hydrogens (tertiary/aromatic N) is 2. The van der Waals surface area contributed by atoms with Crippen LogP contribution in [0.2, 0.25) is 0 Å². The van der Waals surface area contributed by atoms with Crippen LogP contribution in [0.4, 0.5) is 5.69 Å². The van der Waals surface area contributed by atoms with Gasteiger partial charge in [-0.05, 0) is 36.0 Å². The molecule has 0 saturated heterocycles. The number of aliphatic carboxylic acids is 1. The number of nitrogens with one attached hydrogen (secondary N) is 1. The molecule has 0 spiro atoms. The molecule has 4 rings (SSSR count). The van der Waals surface area contributed by atoms with Gasteiger partial charge in [-0.2, -0.15) is 0 Å². The number of thioether (sulfide) groups is 1. The molecule has 0 bridgehead atoms. The van der Waals surface area contributed by atoms with Crippen molar-refractivity contribution in [1.29, 1.82) is 0 Å². The largest absolute Gasteiger partial charge is 0.477 e. The van der Waals surface area contributed by atoms with E-state index in [1.165, 1.54) is 18.2 Å². The van der Waals surface area contributed by atoms with Crippen molar-refractivity contribution in [1.82, 2.24) is 9.97 Å². The van der Waals surface area contributed by atoms with Gasteiger partial charge in [-0.15, -0.1) is 0 Å². The van der Waals surface area contributed by atoms with Gasteiger partial charge in [0.1, 0.15) is 16.4 Å². The van der Waals surface area contributed by atoms with E-state index in [0.717, 1.165) is 22.8 Å². The molecule has 0 saturated carbocycles. The lowest BCUT2D eigenvalue weighted by molar-refractivity contribution is -0.384. The highest BCUT2D eigenvalue weighted by Gasteiger charge is 2.15. The summed E-state index contributed by atoms with van der Waals surface area (Å²) in [6, 6.07) is 16.7. The van der Waals surface area contributed by atoms with E-state index in [1.807, 2.05) is 24.3 Å². The second-order valence-electron chi connectivity index (χ2n) is 5.98. The van der Waals surface area contributed by atoms with Crippen molar-refractivity contribution >= 4 is 40.5 Å². The number of aromatic amines is 1. The summed E-state index contributed by atoms with van der Waals surface area (Å²) in [6.45, 7) is 0. The van der Waals surface area contributed by atoms with Crippen molar-refractivity contribution in [3.05, 3.63) is 81.4 Å². The highest BCUT2D eigenvalue weighted by atomic mass is 32.2. The second-order valence-corrected chi connectivity index (χ2v) is 7.02. The van der Waals surface area contributed by atoms with Crippen molar-refractivity contribution in [3.63, 3.8) is 0 Å². The highest BCUT2D eigenvalue weighted by molar-refractivity contribution is 8.04. The molecular formula is C20H13N3O5S. The van der Waals surface area contributed by atoms with Crippen LogP contribution in [-0.4, -0.2) is 26.0 Å². The fourth-order valence-corrected chi connectivity index (χ4v) is 3.48. The molecule has 0 aliphatic carbocycles. The number of hydrogen-bond donors (Lipinski definition) is 2. The molecule has 0 amide bonds. The van der Waals surface area contributed by atoms with Gasteiger partial charge in [-0.1, -0.05) is 24.3 Å². The number of carboxylic acids is 1. The van der Waals surface area contributed by atoms with Crippen molar-refractivity contribution in [2.24, 2.45) is 0 Å². The predicted molar refractivity (Wildman–Crippen MR) is 108 cm³/mol. The number of fused-ring (bicyclic) bond motifs is 1. The quantitative estimate of drug-likeness (QED) is 0.201. The van der Waals surface area contributed by atoms with E-state index in [0.29, 0.717) is 22.2 Å². The zero-order valence-electron chi connectivity index (χ0n) is 14.7. The van der Waals surface area contributed by atoms with E-state index in [9.17, 15) is 20.0 Å². The van der Waals surface area contributed by atoms with E-state index >= 15 is 0 Å². The number of para-hydroxylation sites is 2. The summed E-state index contributed by atoms with van der Waals surface area (Å²) in [7, 11) is 0. The third-order valence-electron chi connectivity index (χ3n) is 4.03. The van der Waals surface area contributed by atoms with Crippen LogP contribution in [0, 0.1) is 10.1 Å². The molecule has 2 N–H and O–H groups in total. The number of nitro groups is 1. The molecule has 0 atom stereocenters. The Balaban J connectivity index is 1.61. The van der Waals surface area contributed by atoms with Crippen molar-refractivity contribution in [2.75, 3.05) is 0 Å². The van der Waals surface area contributed by atoms with Gasteiger partial charge in [0.15, 0.2) is 5.16 Å². The minimum atomic E-state index is -1.12. The predicted octanol–water partition coefficient (Wildman–Crippen LogP) is 4.95. The number of nitro benzene ring substituents is 1. The van der Waals surface area contributed by atoms with Gasteiger partial charge in [-0.3, -0.25) is 10.1 Å². The zero-order chi connectivity index (χ0) is 20.4. The molecule has 2 aromatic heterocycles. The number of carboxylic acid groups (broad SMARTS) is 1. The summed E-state index contributed by atoms with van der Waals surface area (Å²) >= 11 is 0.974. The molecular weight excluding hydrogens is 394 g/mol. The maximum absolute atomic E-state index is 11.7. The topological polar surface area (TPSA) is 122 Å². The SMILES string of the molecule is O=C(O)/C(=C/c1ccc(-c2cccc([N+](=O)[O-])c2)o1)Sc1nc2ccccc2[nH]1. The number of hydrogen-bond acceptors (Lipinski definition) is 6. The number of rotatable bonds is 6. The summed E-state index contributed by atoms with van der Waals surface area (Å²) in [6.07, 6.45) is 1.39. The number of benzene rings is 2. The van der Waals surface area contributed by atoms with Gasteiger partial charge in [0, 0.05) is 23.8 Å². The van der Waals surface area contributed by atoms with Crippen molar-refractivity contribution in [2.45, 2.75) is 5.16 Å². The molecule has 0 radical (unpaired) electrons. The Morgan fingerprint density at radius 1 is 1.17 bits per heavy atom. The summed E-state index contributed by atoms with van der Waals surface area (Å²) in [4.78, 5) is 29.6. The number of furan rings is 1. The standard InChI is InChI=1S/C20H13N3O5S/c24-19(25)18(29-20-21-15-6-1-2-7-16(15)22-20)11-14-8-9-17(28-14)12-4-3-5-13(10-12)23(26)27/h1-11H,(H,21,22)(H,24,25)/b18-11-. The summed E-state index contributed by atoms with van der Waals surface area (Å²) in [5.74, 6) is -0.408. The normalized spacial score (nSPS) is 11.7. The van der Waals surface area contributed by atoms with Gasteiger partial charge in [0.25, 0.3) is 5.69 Å². The minimum absolute atomic E-state index is 0.0176. The molecule has 0 unspecified atom stereocenters. The van der Waals surface area contributed by atoms with Crippen molar-refractivity contribution < 1.29 is 19.2 Å². The summed E-state index contributed by atoms with van der Waals surface area (Å²) < 4.78 is 5.68. The summed E-state index contributed by atoms with van der Waals surface area (Å²) in [5.41, 5.74) is 2.03. The molecule has 2 aromatic carbocycles. The lowest BCUT2D eigenvalue weighted by Crippen LogP contribution is -1.96. The van der Waals surface area contributed by atoms with Crippen LogP contribution in [0.1, 0.15) is 5.76 Å². The Morgan fingerprint density at radius 2 is 2.00 bits per heavy atom. The molecule has 9 heteroatoms. The molecule has 144 valence electrons. The second kappa shape index (κ2) is 7.64. The fourth-order valence-electron chi connectivity index (χ4n) is 2.70. The first kappa shape index (κ1) is 18.5. The Labute approximate surface area is 168 Å². The van der Waals surface area contributed by atoms with Gasteiger partial charge < -0.3 is 14.5 Å². The summed E-state index contributed by atoms with van der Waals surface area (Å²) in [5, 5.41) is 20.9. The maximum atomic E-state index is 11.7. The Morgan fingerprint density at radius 3 is 2.76 bits per heavy atom. The van der Waals surface area contributed by atoms with Crippen LogP contribution < -0.4 is 0 Å². The minimum Gasteiger partial charge on any atom is -0.477 e. The lowest BCUT2D eigenvalue weighted by Gasteiger charge is -1.99. The van der Waals surface area contributed by atoms with E-state index in [1.54, 1.807) is 24.3 Å². The first-order valence-electron chi connectivity index (χ1n) is 8.42. The zero-order valence-corrected chi connectivity index (χ0v) is 15.6. The fraction of sp³-hybridized carbons (Fsp3) is 0. The molecule has 0 fully saturated rings. The Bertz CT molecular complexity index is 1220. The van der Waals surface area contributed by atoms with Gasteiger partial charge in [0.05, 0.1) is 16.0 Å². The smallest absolute Gasteiger partial charge is 0.342 e. The number of imidazole rings is 1. The van der Waals surface area contributed by atoms with Crippen LogP contribution in [0.15, 0.2) is 75.1 Å². The highest BCUT2D eigenvalue weighted by Crippen LogP contribution is 2.30. The van der Waals surface area contributed by atoms with Gasteiger partial charge in [-0.25, -0.2) is 9.78 Å². The van der Waals surface area contributed by atoms with E-state index in [4.69, 9.17) is 4.42 Å². The van der Waals surface area contributed by atoms with E-state index in [-0.39, 0.29) is 10.6 Å². The van der Waals surface area contributed by atoms with Crippen LogP contribution in [0.25, 0.3) is 28.4 Å². The van der Waals surface area contributed by atoms with E-state index in [2.05, 4.69) is 9.97 Å². The first-order valence-corrected chi connectivity index (χ1v) is 9.23. The van der Waals surface area contributed by atoms with Crippen molar-refractivity contribution in [3.8, 4) is 11.3 Å². The monoisotopic (exact) mass is 407 g/mol. The first-order chi connectivity index (χ1) is 14.0. The molecule has 8 nitrogen and oxygen atoms in total.